The van der Waals surface area contributed by atoms with E-state index in [1.165, 1.54) is 6.26 Å². The van der Waals surface area contributed by atoms with Crippen LogP contribution in [0.4, 0.5) is 17.2 Å². The SMILES string of the molecule is Nc1ccccc1Nc1ccon1. The molecule has 0 atom stereocenters. The number of nitrogen functional groups attached to an aromatic ring is 1. The van der Waals surface area contributed by atoms with Crippen LogP contribution in [0, 0.1) is 0 Å². The highest BCUT2D eigenvalue weighted by atomic mass is 16.5. The van der Waals surface area contributed by atoms with E-state index in [4.69, 9.17) is 5.73 Å². The van der Waals surface area contributed by atoms with E-state index < -0.39 is 0 Å². The van der Waals surface area contributed by atoms with E-state index in [-0.39, 0.29) is 0 Å². The first kappa shape index (κ1) is 7.67. The van der Waals surface area contributed by atoms with Crippen molar-refractivity contribution in [3.8, 4) is 0 Å². The van der Waals surface area contributed by atoms with Crippen molar-refractivity contribution >= 4 is 17.2 Å². The van der Waals surface area contributed by atoms with Gasteiger partial charge in [0.25, 0.3) is 0 Å². The van der Waals surface area contributed by atoms with Gasteiger partial charge in [0.05, 0.1) is 11.4 Å². The summed E-state index contributed by atoms with van der Waals surface area (Å²) in [5, 5.41) is 6.73. The summed E-state index contributed by atoms with van der Waals surface area (Å²) in [6, 6.07) is 9.21. The van der Waals surface area contributed by atoms with E-state index in [1.807, 2.05) is 24.3 Å². The van der Waals surface area contributed by atoms with Crippen LogP contribution in [0.25, 0.3) is 0 Å². The quantitative estimate of drug-likeness (QED) is 0.685. The number of hydrogen-bond donors (Lipinski definition) is 2. The van der Waals surface area contributed by atoms with Crippen molar-refractivity contribution < 1.29 is 4.52 Å². The molecule has 66 valence electrons. The van der Waals surface area contributed by atoms with Crippen molar-refractivity contribution in [1.82, 2.24) is 5.16 Å². The van der Waals surface area contributed by atoms with Crippen molar-refractivity contribution in [1.29, 1.82) is 0 Å². The first-order chi connectivity index (χ1) is 6.36. The maximum absolute atomic E-state index is 5.72. The monoisotopic (exact) mass is 175 g/mol. The highest BCUT2D eigenvalue weighted by Crippen LogP contribution is 2.20. The Hall–Kier alpha value is -1.97. The topological polar surface area (TPSA) is 64.1 Å². The van der Waals surface area contributed by atoms with Crippen LogP contribution in [0.15, 0.2) is 41.1 Å². The number of rotatable bonds is 2. The molecule has 1 aromatic carbocycles. The molecule has 3 N–H and O–H groups in total. The van der Waals surface area contributed by atoms with Gasteiger partial charge in [-0.25, -0.2) is 0 Å². The van der Waals surface area contributed by atoms with Crippen molar-refractivity contribution in [2.24, 2.45) is 0 Å². The lowest BCUT2D eigenvalue weighted by Crippen LogP contribution is -1.95. The summed E-state index contributed by atoms with van der Waals surface area (Å²) < 4.78 is 4.67. The standard InChI is InChI=1S/C9H9N3O/c10-7-3-1-2-4-8(7)11-9-5-6-13-12-9/h1-6H,10H2,(H,11,12). The Labute approximate surface area is 75.3 Å². The van der Waals surface area contributed by atoms with Crippen LogP contribution in [0.5, 0.6) is 0 Å². The summed E-state index contributed by atoms with van der Waals surface area (Å²) in [7, 11) is 0. The third-order valence-corrected chi connectivity index (χ3v) is 1.66. The fraction of sp³-hybridized carbons (Fsp3) is 0. The summed E-state index contributed by atoms with van der Waals surface area (Å²) in [5.74, 6) is 0.651. The lowest BCUT2D eigenvalue weighted by molar-refractivity contribution is 0.423. The molecule has 4 heteroatoms. The van der Waals surface area contributed by atoms with Crippen LogP contribution in [0.3, 0.4) is 0 Å². The molecule has 0 aliphatic carbocycles. The van der Waals surface area contributed by atoms with E-state index in [1.54, 1.807) is 6.07 Å². The van der Waals surface area contributed by atoms with Crippen molar-refractivity contribution in [2.45, 2.75) is 0 Å². The van der Waals surface area contributed by atoms with Gasteiger partial charge in [-0.1, -0.05) is 17.3 Å². The van der Waals surface area contributed by atoms with Gasteiger partial charge in [0.15, 0.2) is 5.82 Å². The lowest BCUT2D eigenvalue weighted by Gasteiger charge is -2.04. The molecule has 0 bridgehead atoms. The maximum atomic E-state index is 5.72. The fourth-order valence-electron chi connectivity index (χ4n) is 1.03. The van der Waals surface area contributed by atoms with Gasteiger partial charge in [-0.15, -0.1) is 0 Å². The minimum absolute atomic E-state index is 0.651. The van der Waals surface area contributed by atoms with Crippen molar-refractivity contribution in [3.63, 3.8) is 0 Å². The van der Waals surface area contributed by atoms with E-state index >= 15 is 0 Å². The first-order valence-electron chi connectivity index (χ1n) is 3.88. The Morgan fingerprint density at radius 2 is 2.08 bits per heavy atom. The molecule has 0 aliphatic heterocycles. The third-order valence-electron chi connectivity index (χ3n) is 1.66. The zero-order valence-corrected chi connectivity index (χ0v) is 6.90. The average molecular weight is 175 g/mol. The van der Waals surface area contributed by atoms with Gasteiger partial charge in [-0.3, -0.25) is 0 Å². The van der Waals surface area contributed by atoms with E-state index in [0.29, 0.717) is 11.5 Å². The van der Waals surface area contributed by atoms with Crippen molar-refractivity contribution in [2.75, 3.05) is 11.1 Å². The summed E-state index contributed by atoms with van der Waals surface area (Å²) >= 11 is 0. The fourth-order valence-corrected chi connectivity index (χ4v) is 1.03. The number of nitrogens with one attached hydrogen (secondary N) is 1. The molecule has 0 unspecified atom stereocenters. The number of nitrogens with zero attached hydrogens (tertiary/aromatic N) is 1. The van der Waals surface area contributed by atoms with Crippen LogP contribution in [-0.2, 0) is 0 Å². The zero-order chi connectivity index (χ0) is 9.10. The Kier molecular flexibility index (Phi) is 1.88. The molecule has 0 saturated heterocycles. The molecular formula is C9H9N3O. The van der Waals surface area contributed by atoms with Gasteiger partial charge in [0.2, 0.25) is 0 Å². The van der Waals surface area contributed by atoms with Crippen LogP contribution in [0.1, 0.15) is 0 Å². The van der Waals surface area contributed by atoms with Crippen LogP contribution in [0.2, 0.25) is 0 Å². The number of para-hydroxylation sites is 2. The Bertz CT molecular complexity index is 384. The summed E-state index contributed by atoms with van der Waals surface area (Å²) in [5.41, 5.74) is 7.23. The minimum Gasteiger partial charge on any atom is -0.397 e. The van der Waals surface area contributed by atoms with Gasteiger partial charge in [-0.2, -0.15) is 0 Å². The summed E-state index contributed by atoms with van der Waals surface area (Å²) in [4.78, 5) is 0. The van der Waals surface area contributed by atoms with Gasteiger partial charge in [-0.05, 0) is 12.1 Å². The molecule has 2 aromatic rings. The Morgan fingerprint density at radius 3 is 2.77 bits per heavy atom. The van der Waals surface area contributed by atoms with Crippen LogP contribution >= 0.6 is 0 Å². The van der Waals surface area contributed by atoms with Crippen LogP contribution < -0.4 is 11.1 Å². The molecule has 2 rings (SSSR count). The number of aromatic nitrogens is 1. The van der Waals surface area contributed by atoms with Gasteiger partial charge in [0, 0.05) is 6.07 Å². The van der Waals surface area contributed by atoms with E-state index in [9.17, 15) is 0 Å². The molecule has 0 radical (unpaired) electrons. The highest BCUT2D eigenvalue weighted by molar-refractivity contribution is 5.70. The van der Waals surface area contributed by atoms with Gasteiger partial charge < -0.3 is 15.6 Å². The second kappa shape index (κ2) is 3.18. The lowest BCUT2D eigenvalue weighted by atomic mass is 10.3. The number of hydrogen-bond acceptors (Lipinski definition) is 4. The largest absolute Gasteiger partial charge is 0.397 e. The molecular weight excluding hydrogens is 166 g/mol. The molecule has 0 amide bonds. The number of nitrogens with two attached hydrogens (primary N) is 1. The van der Waals surface area contributed by atoms with Gasteiger partial charge >= 0.3 is 0 Å². The zero-order valence-electron chi connectivity index (χ0n) is 6.90. The Morgan fingerprint density at radius 1 is 1.23 bits per heavy atom. The molecule has 1 heterocycles. The van der Waals surface area contributed by atoms with Gasteiger partial charge in [0.1, 0.15) is 6.26 Å². The van der Waals surface area contributed by atoms with E-state index in [2.05, 4.69) is 15.0 Å². The van der Waals surface area contributed by atoms with E-state index in [0.717, 1.165) is 5.69 Å². The molecule has 0 spiro atoms. The maximum Gasteiger partial charge on any atom is 0.173 e. The summed E-state index contributed by atoms with van der Waals surface area (Å²) in [6.07, 6.45) is 1.50. The second-order valence-corrected chi connectivity index (χ2v) is 2.60. The first-order valence-corrected chi connectivity index (χ1v) is 3.88. The minimum atomic E-state index is 0.651. The Balaban J connectivity index is 2.24. The molecule has 4 nitrogen and oxygen atoms in total. The molecule has 0 fully saturated rings. The number of benzene rings is 1. The smallest absolute Gasteiger partial charge is 0.173 e. The van der Waals surface area contributed by atoms with Crippen molar-refractivity contribution in [3.05, 3.63) is 36.6 Å². The average Bonchev–Trinajstić information content (AvgIpc) is 2.61. The second-order valence-electron chi connectivity index (χ2n) is 2.60. The molecule has 0 aliphatic rings. The molecule has 13 heavy (non-hydrogen) atoms. The third kappa shape index (κ3) is 1.61. The highest BCUT2D eigenvalue weighted by Gasteiger charge is 1.99. The molecule has 0 saturated carbocycles. The predicted octanol–water partition coefficient (Wildman–Crippen LogP) is 2.00. The summed E-state index contributed by atoms with van der Waals surface area (Å²) in [6.45, 7) is 0. The molecule has 1 aromatic heterocycles. The van der Waals surface area contributed by atoms with Crippen LogP contribution in [-0.4, -0.2) is 5.16 Å². The normalized spacial score (nSPS) is 9.85. The number of anilines is 3. The predicted molar refractivity (Wildman–Crippen MR) is 50.6 cm³/mol.